The minimum Gasteiger partial charge on any atom is -0.491 e. The molecule has 33 heavy (non-hydrogen) atoms. The van der Waals surface area contributed by atoms with Crippen molar-refractivity contribution >= 4 is 0 Å². The number of rotatable bonds is 10. The van der Waals surface area contributed by atoms with E-state index in [1.807, 2.05) is 41.2 Å². The third kappa shape index (κ3) is 5.23. The monoisotopic (exact) mass is 448 g/mol. The van der Waals surface area contributed by atoms with Gasteiger partial charge >= 0.3 is 0 Å². The van der Waals surface area contributed by atoms with Gasteiger partial charge in [0.2, 0.25) is 0 Å². The van der Waals surface area contributed by atoms with Crippen LogP contribution in [0.5, 0.6) is 11.5 Å². The standard InChI is InChI=1S/C27H32N2O4/c1-17(2)24-11-20(12-25(18(3)4)27(24)33-16-23-15-32-23)29-10-9-26(28-29)19-5-7-21(8-6-19)30-13-22-14-31-22/h5-12,17-18,22-23H,13-16H2,1-4H3. The molecule has 6 nitrogen and oxygen atoms in total. The highest BCUT2D eigenvalue weighted by atomic mass is 16.6. The molecular formula is C27H32N2O4. The lowest BCUT2D eigenvalue weighted by atomic mass is 9.93. The highest BCUT2D eigenvalue weighted by Crippen LogP contribution is 2.37. The first-order valence-corrected chi connectivity index (χ1v) is 11.8. The summed E-state index contributed by atoms with van der Waals surface area (Å²) < 4.78 is 24.5. The average Bonchev–Trinajstić information content (AvgIpc) is 3.75. The van der Waals surface area contributed by atoms with Crippen LogP contribution >= 0.6 is 0 Å². The molecule has 5 rings (SSSR count). The van der Waals surface area contributed by atoms with Crippen LogP contribution in [-0.4, -0.2) is 48.4 Å². The quantitative estimate of drug-likeness (QED) is 0.392. The lowest BCUT2D eigenvalue weighted by Crippen LogP contribution is -2.11. The van der Waals surface area contributed by atoms with E-state index in [9.17, 15) is 0 Å². The first kappa shape index (κ1) is 22.0. The molecule has 1 aromatic heterocycles. The average molecular weight is 449 g/mol. The van der Waals surface area contributed by atoms with Crippen molar-refractivity contribution in [2.75, 3.05) is 26.4 Å². The molecule has 0 amide bonds. The number of nitrogens with zero attached hydrogens (tertiary/aromatic N) is 2. The molecule has 2 saturated heterocycles. The number of hydrogen-bond acceptors (Lipinski definition) is 5. The Kier molecular flexibility index (Phi) is 6.13. The van der Waals surface area contributed by atoms with Gasteiger partial charge in [0, 0.05) is 11.8 Å². The van der Waals surface area contributed by atoms with Crippen LogP contribution in [0, 0.1) is 0 Å². The van der Waals surface area contributed by atoms with Gasteiger partial charge in [-0.25, -0.2) is 4.68 Å². The van der Waals surface area contributed by atoms with Crippen LogP contribution in [0.2, 0.25) is 0 Å². The maximum atomic E-state index is 6.26. The van der Waals surface area contributed by atoms with E-state index in [1.165, 1.54) is 11.1 Å². The van der Waals surface area contributed by atoms with Gasteiger partial charge in [0.1, 0.15) is 36.9 Å². The second-order valence-corrected chi connectivity index (χ2v) is 9.47. The fourth-order valence-electron chi connectivity index (χ4n) is 3.85. The van der Waals surface area contributed by atoms with Crippen LogP contribution < -0.4 is 9.47 Å². The summed E-state index contributed by atoms with van der Waals surface area (Å²) in [6.07, 6.45) is 2.51. The number of ether oxygens (including phenoxy) is 4. The molecule has 0 aliphatic carbocycles. The zero-order chi connectivity index (χ0) is 22.9. The van der Waals surface area contributed by atoms with Crippen molar-refractivity contribution in [2.45, 2.75) is 51.7 Å². The number of epoxide rings is 2. The first-order chi connectivity index (χ1) is 16.0. The Morgan fingerprint density at radius 1 is 0.879 bits per heavy atom. The zero-order valence-electron chi connectivity index (χ0n) is 19.8. The smallest absolute Gasteiger partial charge is 0.126 e. The summed E-state index contributed by atoms with van der Waals surface area (Å²) in [5.41, 5.74) is 5.44. The van der Waals surface area contributed by atoms with E-state index in [4.69, 9.17) is 24.0 Å². The summed E-state index contributed by atoms with van der Waals surface area (Å²) in [6, 6.07) is 14.5. The van der Waals surface area contributed by atoms with Crippen LogP contribution in [-0.2, 0) is 9.47 Å². The molecule has 6 heteroatoms. The Morgan fingerprint density at radius 2 is 1.45 bits per heavy atom. The van der Waals surface area contributed by atoms with Crippen LogP contribution in [0.1, 0.15) is 50.7 Å². The van der Waals surface area contributed by atoms with Gasteiger partial charge in [0.25, 0.3) is 0 Å². The molecule has 0 spiro atoms. The van der Waals surface area contributed by atoms with Gasteiger partial charge in [-0.2, -0.15) is 5.10 Å². The Morgan fingerprint density at radius 3 is 2.00 bits per heavy atom. The molecule has 174 valence electrons. The van der Waals surface area contributed by atoms with Crippen molar-refractivity contribution in [1.82, 2.24) is 9.78 Å². The van der Waals surface area contributed by atoms with Crippen LogP contribution in [0.4, 0.5) is 0 Å². The molecule has 2 unspecified atom stereocenters. The summed E-state index contributed by atoms with van der Waals surface area (Å²) in [4.78, 5) is 0. The minimum absolute atomic E-state index is 0.234. The molecule has 2 aromatic carbocycles. The van der Waals surface area contributed by atoms with E-state index < -0.39 is 0 Å². The molecule has 2 aliphatic rings. The highest BCUT2D eigenvalue weighted by molar-refractivity contribution is 5.60. The Balaban J connectivity index is 1.40. The molecule has 0 saturated carbocycles. The van der Waals surface area contributed by atoms with Gasteiger partial charge in [0.15, 0.2) is 0 Å². The van der Waals surface area contributed by atoms with E-state index >= 15 is 0 Å². The Labute approximate surface area is 195 Å². The highest BCUT2D eigenvalue weighted by Gasteiger charge is 2.26. The van der Waals surface area contributed by atoms with Gasteiger partial charge in [-0.05, 0) is 65.4 Å². The zero-order valence-corrected chi connectivity index (χ0v) is 19.8. The summed E-state index contributed by atoms with van der Waals surface area (Å²) >= 11 is 0. The maximum Gasteiger partial charge on any atom is 0.126 e. The third-order valence-corrected chi connectivity index (χ3v) is 6.03. The summed E-state index contributed by atoms with van der Waals surface area (Å²) in [5, 5.41) is 4.87. The van der Waals surface area contributed by atoms with Gasteiger partial charge in [-0.3, -0.25) is 0 Å². The Hall–Kier alpha value is -2.83. The normalized spacial score (nSPS) is 19.2. The summed E-state index contributed by atoms with van der Waals surface area (Å²) in [7, 11) is 0. The molecule has 0 radical (unpaired) electrons. The van der Waals surface area contributed by atoms with E-state index in [2.05, 4.69) is 39.8 Å². The van der Waals surface area contributed by atoms with Crippen molar-refractivity contribution in [3.05, 3.63) is 59.8 Å². The molecule has 0 N–H and O–H groups in total. The van der Waals surface area contributed by atoms with E-state index in [0.29, 0.717) is 25.0 Å². The van der Waals surface area contributed by atoms with E-state index in [-0.39, 0.29) is 12.2 Å². The molecule has 2 aliphatic heterocycles. The fraction of sp³-hybridized carbons (Fsp3) is 0.444. The number of aromatic nitrogens is 2. The summed E-state index contributed by atoms with van der Waals surface area (Å²) in [6.45, 7) is 11.6. The van der Waals surface area contributed by atoms with E-state index in [0.717, 1.165) is 41.7 Å². The topological polar surface area (TPSA) is 61.3 Å². The second kappa shape index (κ2) is 9.20. The molecular weight excluding hydrogens is 416 g/mol. The Bertz CT molecular complexity index is 1070. The van der Waals surface area contributed by atoms with Crippen molar-refractivity contribution in [3.63, 3.8) is 0 Å². The lowest BCUT2D eigenvalue weighted by molar-refractivity contribution is 0.258. The van der Waals surface area contributed by atoms with E-state index in [1.54, 1.807) is 0 Å². The molecule has 3 heterocycles. The fourth-order valence-corrected chi connectivity index (χ4v) is 3.85. The first-order valence-electron chi connectivity index (χ1n) is 11.8. The predicted molar refractivity (Wildman–Crippen MR) is 128 cm³/mol. The molecule has 2 fully saturated rings. The van der Waals surface area contributed by atoms with Gasteiger partial charge in [-0.15, -0.1) is 0 Å². The van der Waals surface area contributed by atoms with Gasteiger partial charge < -0.3 is 18.9 Å². The molecule has 2 atom stereocenters. The van der Waals surface area contributed by atoms with Crippen LogP contribution in [0.15, 0.2) is 48.7 Å². The van der Waals surface area contributed by atoms with Gasteiger partial charge in [-0.1, -0.05) is 27.7 Å². The van der Waals surface area contributed by atoms with Crippen molar-refractivity contribution < 1.29 is 18.9 Å². The predicted octanol–water partition coefficient (Wildman–Crippen LogP) is 5.34. The van der Waals surface area contributed by atoms with Crippen LogP contribution in [0.3, 0.4) is 0 Å². The lowest BCUT2D eigenvalue weighted by Gasteiger charge is -2.21. The van der Waals surface area contributed by atoms with Crippen molar-refractivity contribution in [2.24, 2.45) is 0 Å². The number of hydrogen-bond donors (Lipinski definition) is 0. The van der Waals surface area contributed by atoms with Crippen molar-refractivity contribution in [1.29, 1.82) is 0 Å². The van der Waals surface area contributed by atoms with Gasteiger partial charge in [0.05, 0.1) is 24.6 Å². The van der Waals surface area contributed by atoms with Crippen LogP contribution in [0.25, 0.3) is 16.9 Å². The number of benzene rings is 2. The summed E-state index contributed by atoms with van der Waals surface area (Å²) in [5.74, 6) is 2.52. The largest absolute Gasteiger partial charge is 0.491 e. The van der Waals surface area contributed by atoms with Crippen molar-refractivity contribution in [3.8, 4) is 28.4 Å². The third-order valence-electron chi connectivity index (χ3n) is 6.03. The molecule has 3 aromatic rings. The SMILES string of the molecule is CC(C)c1cc(-n2ccc(-c3ccc(OCC4CO4)cc3)n2)cc(C(C)C)c1OCC1CO1. The maximum absolute atomic E-state index is 6.26. The minimum atomic E-state index is 0.234. The molecule has 0 bridgehead atoms. The second-order valence-electron chi connectivity index (χ2n) is 9.47.